The van der Waals surface area contributed by atoms with Gasteiger partial charge in [0.2, 0.25) is 0 Å². The third-order valence-corrected chi connectivity index (χ3v) is 3.41. The number of rotatable bonds is 4. The monoisotopic (exact) mass is 261 g/mol. The summed E-state index contributed by atoms with van der Waals surface area (Å²) in [6, 6.07) is 7.82. The van der Waals surface area contributed by atoms with Gasteiger partial charge in [-0.2, -0.15) is 0 Å². The van der Waals surface area contributed by atoms with Crippen molar-refractivity contribution in [1.82, 2.24) is 4.90 Å². The Bertz CT molecular complexity index is 462. The molecule has 1 aromatic carbocycles. The molecule has 0 atom stereocenters. The van der Waals surface area contributed by atoms with Crippen molar-refractivity contribution in [1.29, 1.82) is 0 Å². The smallest absolute Gasteiger partial charge is 0.328 e. The molecule has 0 amide bonds. The molecule has 4 heteroatoms. The summed E-state index contributed by atoms with van der Waals surface area (Å²) >= 11 is 0. The molecule has 4 nitrogen and oxygen atoms in total. The number of carbonyl (C=O) groups is 1. The summed E-state index contributed by atoms with van der Waals surface area (Å²) in [6.45, 7) is 2.57. The van der Waals surface area contributed by atoms with Crippen LogP contribution in [0.2, 0.25) is 0 Å². The minimum atomic E-state index is -0.934. The number of benzene rings is 1. The van der Waals surface area contributed by atoms with Crippen molar-refractivity contribution < 1.29 is 15.0 Å². The van der Waals surface area contributed by atoms with Crippen molar-refractivity contribution >= 4 is 12.0 Å². The third-order valence-electron chi connectivity index (χ3n) is 3.41. The summed E-state index contributed by atoms with van der Waals surface area (Å²) in [5, 5.41) is 18.2. The van der Waals surface area contributed by atoms with Gasteiger partial charge < -0.3 is 10.2 Å². The van der Waals surface area contributed by atoms with Gasteiger partial charge in [0.15, 0.2) is 0 Å². The summed E-state index contributed by atoms with van der Waals surface area (Å²) in [4.78, 5) is 12.9. The fourth-order valence-corrected chi connectivity index (χ4v) is 2.32. The molecule has 1 aliphatic rings. The highest BCUT2D eigenvalue weighted by atomic mass is 16.4. The molecule has 2 rings (SSSR count). The van der Waals surface area contributed by atoms with Gasteiger partial charge in [-0.15, -0.1) is 0 Å². The maximum atomic E-state index is 10.6. The summed E-state index contributed by atoms with van der Waals surface area (Å²) in [5.41, 5.74) is 2.06. The van der Waals surface area contributed by atoms with E-state index in [-0.39, 0.29) is 6.10 Å². The second-order valence-corrected chi connectivity index (χ2v) is 4.88. The van der Waals surface area contributed by atoms with Gasteiger partial charge in [0.25, 0.3) is 0 Å². The van der Waals surface area contributed by atoms with E-state index in [0.29, 0.717) is 0 Å². The average Bonchev–Trinajstić information content (AvgIpc) is 2.40. The molecule has 0 spiro atoms. The van der Waals surface area contributed by atoms with Crippen LogP contribution in [0.1, 0.15) is 24.0 Å². The van der Waals surface area contributed by atoms with Crippen molar-refractivity contribution in [3.63, 3.8) is 0 Å². The molecule has 0 unspecified atom stereocenters. The van der Waals surface area contributed by atoms with E-state index in [1.807, 2.05) is 24.3 Å². The van der Waals surface area contributed by atoms with Gasteiger partial charge in [0.1, 0.15) is 0 Å². The number of aliphatic hydroxyl groups is 1. The normalized spacial score (nSPS) is 17.9. The Morgan fingerprint density at radius 3 is 2.68 bits per heavy atom. The fraction of sp³-hybridized carbons (Fsp3) is 0.400. The first-order valence-electron chi connectivity index (χ1n) is 6.54. The van der Waals surface area contributed by atoms with Crippen LogP contribution in [0.5, 0.6) is 0 Å². The van der Waals surface area contributed by atoms with Crippen LogP contribution in [0.25, 0.3) is 6.08 Å². The Hall–Kier alpha value is -1.65. The quantitative estimate of drug-likeness (QED) is 0.810. The van der Waals surface area contributed by atoms with Gasteiger partial charge in [-0.3, -0.25) is 4.90 Å². The number of nitrogens with zero attached hydrogens (tertiary/aromatic N) is 1. The van der Waals surface area contributed by atoms with Crippen molar-refractivity contribution in [3.05, 3.63) is 41.5 Å². The highest BCUT2D eigenvalue weighted by Gasteiger charge is 2.17. The van der Waals surface area contributed by atoms with Gasteiger partial charge in [0, 0.05) is 25.7 Å². The van der Waals surface area contributed by atoms with E-state index in [1.165, 1.54) is 6.08 Å². The van der Waals surface area contributed by atoms with Gasteiger partial charge in [-0.1, -0.05) is 24.3 Å². The molecule has 0 bridgehead atoms. The number of aliphatic carboxylic acids is 1. The number of aliphatic hydroxyl groups excluding tert-OH is 1. The predicted molar refractivity (Wildman–Crippen MR) is 73.6 cm³/mol. The minimum Gasteiger partial charge on any atom is -0.478 e. The maximum absolute atomic E-state index is 10.6. The lowest BCUT2D eigenvalue weighted by molar-refractivity contribution is -0.131. The lowest BCUT2D eigenvalue weighted by Gasteiger charge is -2.29. The van der Waals surface area contributed by atoms with Crippen LogP contribution in [-0.2, 0) is 11.3 Å². The van der Waals surface area contributed by atoms with Crippen molar-refractivity contribution in [2.75, 3.05) is 13.1 Å². The first kappa shape index (κ1) is 13.8. The van der Waals surface area contributed by atoms with E-state index >= 15 is 0 Å². The number of likely N-dealkylation sites (tertiary alicyclic amines) is 1. The highest BCUT2D eigenvalue weighted by Crippen LogP contribution is 2.17. The molecule has 0 aromatic heterocycles. The second-order valence-electron chi connectivity index (χ2n) is 4.88. The summed E-state index contributed by atoms with van der Waals surface area (Å²) in [5.74, 6) is -0.934. The molecule has 1 saturated heterocycles. The fourth-order valence-electron chi connectivity index (χ4n) is 2.32. The zero-order chi connectivity index (χ0) is 13.7. The summed E-state index contributed by atoms with van der Waals surface area (Å²) < 4.78 is 0. The molecule has 1 aliphatic heterocycles. The molecule has 1 fully saturated rings. The van der Waals surface area contributed by atoms with E-state index in [9.17, 15) is 9.90 Å². The van der Waals surface area contributed by atoms with Gasteiger partial charge in [0.05, 0.1) is 6.10 Å². The lowest BCUT2D eigenvalue weighted by atomic mass is 10.0. The second kappa shape index (κ2) is 6.50. The number of piperidine rings is 1. The van der Waals surface area contributed by atoms with E-state index < -0.39 is 5.97 Å². The Labute approximate surface area is 113 Å². The summed E-state index contributed by atoms with van der Waals surface area (Å²) in [7, 11) is 0. The molecule has 1 heterocycles. The van der Waals surface area contributed by atoms with E-state index in [0.717, 1.165) is 43.6 Å². The molecule has 0 aliphatic carbocycles. The molecule has 2 N–H and O–H groups in total. The van der Waals surface area contributed by atoms with Crippen molar-refractivity contribution in [3.8, 4) is 0 Å². The van der Waals surface area contributed by atoms with Crippen LogP contribution in [-0.4, -0.2) is 40.3 Å². The third kappa shape index (κ3) is 4.19. The van der Waals surface area contributed by atoms with Crippen LogP contribution in [0.15, 0.2) is 30.3 Å². The molecule has 0 radical (unpaired) electrons. The van der Waals surface area contributed by atoms with Crippen LogP contribution in [0.4, 0.5) is 0 Å². The number of carboxylic acid groups (broad SMARTS) is 1. The van der Waals surface area contributed by atoms with Crippen LogP contribution in [0, 0.1) is 0 Å². The van der Waals surface area contributed by atoms with Crippen molar-refractivity contribution in [2.45, 2.75) is 25.5 Å². The SMILES string of the molecule is O=C(O)C=Cc1ccccc1CN1CCC(O)CC1. The largest absolute Gasteiger partial charge is 0.478 e. The minimum absolute atomic E-state index is 0.168. The summed E-state index contributed by atoms with van der Waals surface area (Å²) in [6.07, 6.45) is 4.26. The molecule has 1 aromatic rings. The van der Waals surface area contributed by atoms with E-state index in [1.54, 1.807) is 6.08 Å². The average molecular weight is 261 g/mol. The molecule has 102 valence electrons. The first-order chi connectivity index (χ1) is 9.15. The van der Waals surface area contributed by atoms with Crippen LogP contribution >= 0.6 is 0 Å². The Morgan fingerprint density at radius 1 is 1.32 bits per heavy atom. The molecule has 19 heavy (non-hydrogen) atoms. The van der Waals surface area contributed by atoms with Crippen molar-refractivity contribution in [2.24, 2.45) is 0 Å². The Kier molecular flexibility index (Phi) is 4.71. The Morgan fingerprint density at radius 2 is 2.00 bits per heavy atom. The van der Waals surface area contributed by atoms with E-state index in [2.05, 4.69) is 4.90 Å². The number of hydrogen-bond donors (Lipinski definition) is 2. The highest BCUT2D eigenvalue weighted by molar-refractivity contribution is 5.85. The van der Waals surface area contributed by atoms with Crippen LogP contribution in [0.3, 0.4) is 0 Å². The van der Waals surface area contributed by atoms with E-state index in [4.69, 9.17) is 5.11 Å². The zero-order valence-electron chi connectivity index (χ0n) is 10.8. The Balaban J connectivity index is 2.05. The zero-order valence-corrected chi connectivity index (χ0v) is 10.8. The standard InChI is InChI=1S/C15H19NO3/c17-14-7-9-16(10-8-14)11-13-4-2-1-3-12(13)5-6-15(18)19/h1-6,14,17H,7-11H2,(H,18,19). The maximum Gasteiger partial charge on any atom is 0.328 e. The van der Waals surface area contributed by atoms with Crippen LogP contribution < -0.4 is 0 Å². The predicted octanol–water partition coefficient (Wildman–Crippen LogP) is 1.74. The van der Waals surface area contributed by atoms with Gasteiger partial charge in [-0.25, -0.2) is 4.79 Å². The molecular formula is C15H19NO3. The molecule has 0 saturated carbocycles. The molecular weight excluding hydrogens is 242 g/mol. The first-order valence-corrected chi connectivity index (χ1v) is 6.54. The van der Waals surface area contributed by atoms with Gasteiger partial charge >= 0.3 is 5.97 Å². The lowest BCUT2D eigenvalue weighted by Crippen LogP contribution is -2.35. The topological polar surface area (TPSA) is 60.8 Å². The number of carboxylic acids is 1. The van der Waals surface area contributed by atoms with Gasteiger partial charge in [-0.05, 0) is 30.0 Å². The number of hydrogen-bond acceptors (Lipinski definition) is 3.